The molecule has 0 spiro atoms. The molecule has 0 bridgehead atoms. The van der Waals surface area contributed by atoms with Crippen LogP contribution >= 0.6 is 15.9 Å². The summed E-state index contributed by atoms with van der Waals surface area (Å²) < 4.78 is 25.9. The van der Waals surface area contributed by atoms with Crippen molar-refractivity contribution in [3.63, 3.8) is 0 Å². The van der Waals surface area contributed by atoms with Gasteiger partial charge < -0.3 is 10.8 Å². The van der Waals surface area contributed by atoms with Crippen molar-refractivity contribution in [3.8, 4) is 0 Å². The van der Waals surface area contributed by atoms with Gasteiger partial charge in [-0.1, -0.05) is 28.1 Å². The summed E-state index contributed by atoms with van der Waals surface area (Å²) in [5.74, 6) is -1.75. The second kappa shape index (κ2) is 4.24. The molecule has 0 aliphatic carbocycles. The van der Waals surface area contributed by atoms with Crippen molar-refractivity contribution in [2.24, 2.45) is 5.73 Å². The molecule has 0 aliphatic heterocycles. The summed E-state index contributed by atoms with van der Waals surface area (Å²) in [7, 11) is 0. The molecule has 0 aliphatic rings. The Kier molecular flexibility index (Phi) is 3.41. The van der Waals surface area contributed by atoms with Crippen molar-refractivity contribution in [3.05, 3.63) is 34.3 Å². The van der Waals surface area contributed by atoms with Crippen molar-refractivity contribution >= 4 is 21.9 Å². The topological polar surface area (TPSA) is 63.3 Å². The number of aliphatic carboxylic acids is 1. The molecule has 0 heterocycles. The van der Waals surface area contributed by atoms with E-state index in [0.717, 1.165) is 0 Å². The molecule has 1 aromatic carbocycles. The summed E-state index contributed by atoms with van der Waals surface area (Å²) >= 11 is 3.11. The minimum atomic E-state index is -3.17. The van der Waals surface area contributed by atoms with Crippen molar-refractivity contribution in [2.45, 2.75) is 12.0 Å². The average molecular weight is 280 g/mol. The van der Waals surface area contributed by atoms with E-state index in [9.17, 15) is 13.6 Å². The van der Waals surface area contributed by atoms with Crippen LogP contribution in [0.3, 0.4) is 0 Å². The lowest BCUT2D eigenvalue weighted by Gasteiger charge is -2.23. The normalized spacial score (nSPS) is 15.0. The highest BCUT2D eigenvalue weighted by atomic mass is 79.9. The third-order valence-corrected chi connectivity index (χ3v) is 2.55. The Morgan fingerprint density at radius 3 is 2.20 bits per heavy atom. The first-order valence-electron chi connectivity index (χ1n) is 3.95. The SMILES string of the molecule is NC(C(=O)O)(c1ccc(Br)cc1)C(F)F. The van der Waals surface area contributed by atoms with E-state index in [1.165, 1.54) is 24.3 Å². The number of benzene rings is 1. The van der Waals surface area contributed by atoms with Crippen molar-refractivity contribution in [2.75, 3.05) is 0 Å². The first-order valence-corrected chi connectivity index (χ1v) is 4.74. The Morgan fingerprint density at radius 1 is 1.40 bits per heavy atom. The number of hydrogen-bond donors (Lipinski definition) is 2. The summed E-state index contributed by atoms with van der Waals surface area (Å²) in [6, 6.07) is 5.43. The second-order valence-corrected chi connectivity index (χ2v) is 3.90. The maximum Gasteiger partial charge on any atom is 0.334 e. The van der Waals surface area contributed by atoms with Gasteiger partial charge >= 0.3 is 5.97 Å². The largest absolute Gasteiger partial charge is 0.479 e. The van der Waals surface area contributed by atoms with Crippen LogP contribution in [0.4, 0.5) is 8.78 Å². The summed E-state index contributed by atoms with van der Waals surface area (Å²) in [6.07, 6.45) is -3.17. The predicted octanol–water partition coefficient (Wildman–Crippen LogP) is 1.95. The maximum atomic E-state index is 12.6. The van der Waals surface area contributed by atoms with Gasteiger partial charge in [0.1, 0.15) is 0 Å². The molecule has 3 N–H and O–H groups in total. The summed E-state index contributed by atoms with van der Waals surface area (Å²) in [6.45, 7) is 0. The lowest BCUT2D eigenvalue weighted by atomic mass is 9.92. The maximum absolute atomic E-state index is 12.6. The summed E-state index contributed by atoms with van der Waals surface area (Å²) in [4.78, 5) is 10.7. The molecule has 0 saturated heterocycles. The smallest absolute Gasteiger partial charge is 0.334 e. The van der Waals surface area contributed by atoms with Crippen LogP contribution in [0.25, 0.3) is 0 Å². The van der Waals surface area contributed by atoms with Gasteiger partial charge in [0.25, 0.3) is 6.43 Å². The Bertz CT molecular complexity index is 369. The fourth-order valence-corrected chi connectivity index (χ4v) is 1.33. The van der Waals surface area contributed by atoms with Crippen LogP contribution < -0.4 is 5.73 Å². The fraction of sp³-hybridized carbons (Fsp3) is 0.222. The Hall–Kier alpha value is -1.01. The Balaban J connectivity index is 3.22. The van der Waals surface area contributed by atoms with E-state index in [-0.39, 0.29) is 5.56 Å². The quantitative estimate of drug-likeness (QED) is 0.889. The molecule has 3 nitrogen and oxygen atoms in total. The van der Waals surface area contributed by atoms with E-state index in [4.69, 9.17) is 10.8 Å². The number of carboxylic acids is 1. The number of nitrogens with two attached hydrogens (primary N) is 1. The molecule has 0 amide bonds. The molecule has 0 saturated carbocycles. The van der Waals surface area contributed by atoms with Crippen molar-refractivity contribution in [1.29, 1.82) is 0 Å². The molecular formula is C9H8BrF2NO2. The fourth-order valence-electron chi connectivity index (χ4n) is 1.07. The van der Waals surface area contributed by atoms with Gasteiger partial charge in [0, 0.05) is 4.47 Å². The average Bonchev–Trinajstić information content (AvgIpc) is 2.17. The number of carboxylic acid groups (broad SMARTS) is 1. The molecule has 1 aromatic rings. The van der Waals surface area contributed by atoms with E-state index >= 15 is 0 Å². The monoisotopic (exact) mass is 279 g/mol. The highest BCUT2D eigenvalue weighted by Crippen LogP contribution is 2.27. The molecule has 1 unspecified atom stereocenters. The molecule has 0 aromatic heterocycles. The van der Waals surface area contributed by atoms with Gasteiger partial charge in [-0.15, -0.1) is 0 Å². The van der Waals surface area contributed by atoms with Crippen LogP contribution in [0.2, 0.25) is 0 Å². The van der Waals surface area contributed by atoms with Crippen LogP contribution in [0.15, 0.2) is 28.7 Å². The van der Waals surface area contributed by atoms with E-state index in [2.05, 4.69) is 15.9 Å². The predicted molar refractivity (Wildman–Crippen MR) is 53.6 cm³/mol. The number of halogens is 3. The number of carbonyl (C=O) groups is 1. The highest BCUT2D eigenvalue weighted by Gasteiger charge is 2.45. The highest BCUT2D eigenvalue weighted by molar-refractivity contribution is 9.10. The minimum absolute atomic E-state index is 0.131. The zero-order valence-corrected chi connectivity index (χ0v) is 9.04. The lowest BCUT2D eigenvalue weighted by Crippen LogP contribution is -2.51. The lowest BCUT2D eigenvalue weighted by molar-refractivity contribution is -0.150. The van der Waals surface area contributed by atoms with E-state index in [1.807, 2.05) is 0 Å². The van der Waals surface area contributed by atoms with Gasteiger partial charge in [0.15, 0.2) is 0 Å². The van der Waals surface area contributed by atoms with Crippen LogP contribution in [0.5, 0.6) is 0 Å². The number of hydrogen-bond acceptors (Lipinski definition) is 2. The molecule has 82 valence electrons. The van der Waals surface area contributed by atoms with Gasteiger partial charge in [-0.05, 0) is 17.7 Å². The molecular weight excluding hydrogens is 272 g/mol. The summed E-state index contributed by atoms with van der Waals surface area (Å²) in [5.41, 5.74) is 2.41. The molecule has 1 atom stereocenters. The third-order valence-electron chi connectivity index (χ3n) is 2.02. The Labute approximate surface area is 93.0 Å². The van der Waals surface area contributed by atoms with Crippen LogP contribution in [-0.2, 0) is 10.3 Å². The standard InChI is InChI=1S/C9H8BrF2NO2/c10-6-3-1-5(2-4-6)9(13,7(11)12)8(14)15/h1-4,7H,13H2,(H,14,15). The van der Waals surface area contributed by atoms with Crippen molar-refractivity contribution in [1.82, 2.24) is 0 Å². The van der Waals surface area contributed by atoms with Gasteiger partial charge in [0.05, 0.1) is 0 Å². The van der Waals surface area contributed by atoms with Gasteiger partial charge in [-0.2, -0.15) is 0 Å². The van der Waals surface area contributed by atoms with Crippen LogP contribution in [0.1, 0.15) is 5.56 Å². The molecule has 6 heteroatoms. The molecule has 15 heavy (non-hydrogen) atoms. The van der Waals surface area contributed by atoms with Gasteiger partial charge in [-0.3, -0.25) is 0 Å². The molecule has 1 rings (SSSR count). The Morgan fingerprint density at radius 2 is 1.87 bits per heavy atom. The van der Waals surface area contributed by atoms with Gasteiger partial charge in [0.2, 0.25) is 5.54 Å². The molecule has 0 fully saturated rings. The van der Waals surface area contributed by atoms with E-state index < -0.39 is 17.9 Å². The van der Waals surface area contributed by atoms with Gasteiger partial charge in [-0.25, -0.2) is 13.6 Å². The third kappa shape index (κ3) is 2.15. The first kappa shape index (κ1) is 12.1. The number of rotatable bonds is 3. The zero-order chi connectivity index (χ0) is 11.6. The first-order chi connectivity index (χ1) is 6.89. The number of alkyl halides is 2. The minimum Gasteiger partial charge on any atom is -0.479 e. The van der Waals surface area contributed by atoms with Crippen LogP contribution in [-0.4, -0.2) is 17.5 Å². The summed E-state index contributed by atoms with van der Waals surface area (Å²) in [5, 5.41) is 8.71. The molecule has 0 radical (unpaired) electrons. The zero-order valence-electron chi connectivity index (χ0n) is 7.45. The van der Waals surface area contributed by atoms with E-state index in [0.29, 0.717) is 4.47 Å². The van der Waals surface area contributed by atoms with E-state index in [1.54, 1.807) is 0 Å². The van der Waals surface area contributed by atoms with Crippen molar-refractivity contribution < 1.29 is 18.7 Å². The second-order valence-electron chi connectivity index (χ2n) is 2.98. The van der Waals surface area contributed by atoms with Crippen LogP contribution in [0, 0.1) is 0 Å².